The number of hydrogen-bond donors (Lipinski definition) is 4. The third-order valence-electron chi connectivity index (χ3n) is 25.1. The van der Waals surface area contributed by atoms with Crippen molar-refractivity contribution in [3.8, 4) is 67.3 Å². The number of rotatable bonds is 26. The molecule has 18 rings (SSSR count). The van der Waals surface area contributed by atoms with E-state index >= 15 is 0 Å². The highest BCUT2D eigenvalue weighted by Gasteiger charge is 2.53. The Labute approximate surface area is 724 Å². The van der Waals surface area contributed by atoms with Crippen LogP contribution in [0.15, 0.2) is 238 Å². The molecular formula is C100H108N16O8. The highest BCUT2D eigenvalue weighted by atomic mass is 16.4. The van der Waals surface area contributed by atoms with Crippen LogP contribution in [0.4, 0.5) is 0 Å². The maximum atomic E-state index is 13.4. The van der Waals surface area contributed by atoms with Gasteiger partial charge >= 0.3 is 11.9 Å². The van der Waals surface area contributed by atoms with Crippen molar-refractivity contribution in [3.63, 3.8) is 0 Å². The van der Waals surface area contributed by atoms with Crippen molar-refractivity contribution in [3.05, 3.63) is 252 Å². The summed E-state index contributed by atoms with van der Waals surface area (Å²) in [5, 5.41) is 47.8. The van der Waals surface area contributed by atoms with Crippen LogP contribution in [-0.4, -0.2) is 152 Å². The number of allylic oxidation sites excluding steroid dienone is 2. The third-order valence-corrected chi connectivity index (χ3v) is 25.1. The summed E-state index contributed by atoms with van der Waals surface area (Å²) in [6.07, 6.45) is 31.3. The molecule has 0 atom stereocenters. The molecule has 8 aromatic carbocycles. The van der Waals surface area contributed by atoms with Crippen LogP contribution in [0.5, 0.6) is 0 Å². The number of aliphatic imine (C=N–C) groups is 4. The first kappa shape index (κ1) is 85.8. The molecule has 4 spiro atoms. The van der Waals surface area contributed by atoms with Crippen LogP contribution in [0.2, 0.25) is 0 Å². The molecule has 8 aliphatic rings. The van der Waals surface area contributed by atoms with Crippen molar-refractivity contribution in [1.82, 2.24) is 60.8 Å². The van der Waals surface area contributed by atoms with E-state index in [1.807, 2.05) is 142 Å². The predicted octanol–water partition coefficient (Wildman–Crippen LogP) is 19.7. The fourth-order valence-corrected chi connectivity index (χ4v) is 18.5. The molecule has 24 heteroatoms. The van der Waals surface area contributed by atoms with E-state index in [0.717, 1.165) is 244 Å². The summed E-state index contributed by atoms with van der Waals surface area (Å²) >= 11 is 0. The standard InChI is InChI=1S/C25H28N6O.C25H26N6O.C25H28N2O3.C25H26N2O3/c2*1-2-3-10-22-26-25(15-6-7-16-25)24(32)31(22)17-18-11-13-19(14-12-18)20-8-4-5-9-21(20)23-27-29-30-28-23;2*1-2-3-10-22-26-25(15-6-7-16-25)24(30)27(22)17-18-11-13-19(14-12-18)20-8-4-5-9-21(20)23(28)29/h4-5,8-9,11-14H,2-3,6-7,10,15-17H2,1H3,(H,27,28,29,30);3-5,8-14H,2,6-7,15-17H2,1H3,(H,27,28,29,30);4-5,8-9,11-14H,2-3,6-7,10,15-17H2,1H3,(H,28,29);3-5,8-14H,2,6-7,15-17H2,1H3,(H,28,29)/b;10-3+;;10-3+. The summed E-state index contributed by atoms with van der Waals surface area (Å²) in [5.74, 6) is 3.35. The van der Waals surface area contributed by atoms with Gasteiger partial charge in [-0.05, 0) is 179 Å². The number of H-pyrrole nitrogens is 2. The van der Waals surface area contributed by atoms with E-state index in [-0.39, 0.29) is 34.8 Å². The summed E-state index contributed by atoms with van der Waals surface area (Å²) in [5.41, 5.74) is 11.9. The molecule has 10 aromatic rings. The first-order valence-electron chi connectivity index (χ1n) is 44.1. The number of amidine groups is 4. The number of aromatic nitrogens is 8. The molecule has 4 aliphatic carbocycles. The van der Waals surface area contributed by atoms with E-state index in [0.29, 0.717) is 49.0 Å². The van der Waals surface area contributed by atoms with Gasteiger partial charge in [-0.2, -0.15) is 10.4 Å². The number of aromatic carboxylic acids is 2. The number of carbonyl (C=O) groups is 6. The lowest BCUT2D eigenvalue weighted by Crippen LogP contribution is -2.40. The van der Waals surface area contributed by atoms with Crippen molar-refractivity contribution in [2.45, 2.75) is 230 Å². The molecule has 636 valence electrons. The van der Waals surface area contributed by atoms with E-state index in [9.17, 15) is 39.0 Å². The van der Waals surface area contributed by atoms with Gasteiger partial charge in [0.1, 0.15) is 45.5 Å². The quantitative estimate of drug-likeness (QED) is 0.0392. The van der Waals surface area contributed by atoms with E-state index < -0.39 is 34.1 Å². The van der Waals surface area contributed by atoms with Crippen LogP contribution in [0, 0.1) is 0 Å². The average Bonchev–Trinajstić information content (AvgIpc) is 1.62. The summed E-state index contributed by atoms with van der Waals surface area (Å²) in [7, 11) is 0. The first-order chi connectivity index (χ1) is 60.5. The Kier molecular flexibility index (Phi) is 27.0. The third kappa shape index (κ3) is 18.6. The van der Waals surface area contributed by atoms with Crippen LogP contribution in [0.1, 0.15) is 225 Å². The number of carboxylic acids is 2. The van der Waals surface area contributed by atoms with Crippen LogP contribution >= 0.6 is 0 Å². The van der Waals surface area contributed by atoms with Crippen LogP contribution < -0.4 is 0 Å². The Balaban J connectivity index is 0.000000128. The van der Waals surface area contributed by atoms with Gasteiger partial charge in [0.2, 0.25) is 11.6 Å². The SMILES string of the molecule is CC/C=C/C1=NC2(CCCC2)C(=O)N1Cc1ccc(-c2ccccc2-c2nn[nH]n2)cc1.CC/C=C/C1=NC2(CCCC2)C(=O)N1Cc1ccc(-c2ccccc2C(=O)O)cc1.CCCCC1=NC2(CCCC2)C(=O)N1Cc1ccc(-c2ccccc2-c2nn[nH]n2)cc1.CCCCC1=NC2(CCCC2)C(=O)N1Cc1ccc(-c2ccccc2C(=O)O)cc1. The summed E-state index contributed by atoms with van der Waals surface area (Å²) in [4.78, 5) is 103. The molecule has 0 unspecified atom stereocenters. The second kappa shape index (κ2) is 38.9. The number of amides is 4. The Morgan fingerprint density at radius 1 is 0.355 bits per heavy atom. The minimum atomic E-state index is -0.942. The molecule has 0 radical (unpaired) electrons. The zero-order valence-electron chi connectivity index (χ0n) is 71.2. The second-order valence-corrected chi connectivity index (χ2v) is 33.4. The van der Waals surface area contributed by atoms with Crippen molar-refractivity contribution in [1.29, 1.82) is 0 Å². The molecule has 4 fully saturated rings. The van der Waals surface area contributed by atoms with Crippen molar-refractivity contribution < 1.29 is 39.0 Å². The van der Waals surface area contributed by atoms with Crippen molar-refractivity contribution in [2.24, 2.45) is 20.0 Å². The lowest BCUT2D eigenvalue weighted by molar-refractivity contribution is -0.132. The predicted molar refractivity (Wildman–Crippen MR) is 482 cm³/mol. The summed E-state index contributed by atoms with van der Waals surface area (Å²) in [6.45, 7) is 10.6. The number of aromatic amines is 2. The number of carbonyl (C=O) groups excluding carboxylic acids is 4. The molecule has 0 saturated heterocycles. The molecule has 6 heterocycles. The topological polar surface area (TPSA) is 314 Å². The van der Waals surface area contributed by atoms with Crippen LogP contribution in [-0.2, 0) is 45.4 Å². The number of unbranched alkanes of at least 4 members (excludes halogenated alkanes) is 2. The fraction of sp³-hybridized carbons (Fsp3) is 0.360. The van der Waals surface area contributed by atoms with E-state index in [4.69, 9.17) is 20.0 Å². The van der Waals surface area contributed by atoms with Crippen molar-refractivity contribution in [2.75, 3.05) is 0 Å². The maximum Gasteiger partial charge on any atom is 0.336 e. The minimum Gasteiger partial charge on any atom is -0.478 e. The smallest absolute Gasteiger partial charge is 0.336 e. The van der Waals surface area contributed by atoms with Gasteiger partial charge in [-0.1, -0.05) is 286 Å². The number of tetrazole rings is 2. The molecule has 4 amide bonds. The van der Waals surface area contributed by atoms with E-state index in [1.54, 1.807) is 29.2 Å². The van der Waals surface area contributed by atoms with E-state index in [1.165, 1.54) is 0 Å². The molecule has 0 bridgehead atoms. The summed E-state index contributed by atoms with van der Waals surface area (Å²) in [6, 6.07) is 62.4. The zero-order valence-corrected chi connectivity index (χ0v) is 71.2. The number of nitrogens with one attached hydrogen (secondary N) is 2. The number of carboxylic acid groups (broad SMARTS) is 2. The van der Waals surface area contributed by atoms with Crippen molar-refractivity contribution >= 4 is 58.9 Å². The number of hydrogen-bond acceptors (Lipinski definition) is 16. The molecule has 4 saturated carbocycles. The maximum absolute atomic E-state index is 13.4. The Morgan fingerprint density at radius 3 is 0.919 bits per heavy atom. The minimum absolute atomic E-state index is 0.107. The van der Waals surface area contributed by atoms with Gasteiger partial charge < -0.3 is 10.2 Å². The molecule has 24 nitrogen and oxygen atoms in total. The fourth-order valence-electron chi connectivity index (χ4n) is 18.5. The van der Waals surface area contributed by atoms with E-state index in [2.05, 4.69) is 136 Å². The van der Waals surface area contributed by atoms with Gasteiger partial charge in [0, 0.05) is 24.0 Å². The monoisotopic (exact) mass is 1660 g/mol. The lowest BCUT2D eigenvalue weighted by Gasteiger charge is -2.23. The van der Waals surface area contributed by atoms with Gasteiger partial charge in [-0.25, -0.2) is 9.59 Å². The normalized spacial score (nSPS) is 17.6. The van der Waals surface area contributed by atoms with Crippen LogP contribution in [0.3, 0.4) is 0 Å². The van der Waals surface area contributed by atoms with Gasteiger partial charge in [-0.3, -0.25) is 58.7 Å². The Bertz CT molecular complexity index is 5650. The van der Waals surface area contributed by atoms with Gasteiger partial charge in [0.15, 0.2) is 0 Å². The molecule has 2 aromatic heterocycles. The molecule has 4 N–H and O–H groups in total. The molecule has 4 aliphatic heterocycles. The Morgan fingerprint density at radius 2 is 0.629 bits per heavy atom. The Hall–Kier alpha value is -13.1. The van der Waals surface area contributed by atoms with Gasteiger partial charge in [0.05, 0.1) is 37.3 Å². The lowest BCUT2D eigenvalue weighted by atomic mass is 9.97. The first-order valence-corrected chi connectivity index (χ1v) is 44.1. The molecular weight excluding hydrogens is 1550 g/mol. The number of nitrogens with zero attached hydrogens (tertiary/aromatic N) is 14. The highest BCUT2D eigenvalue weighted by Crippen LogP contribution is 2.45. The molecule has 124 heavy (non-hydrogen) atoms. The summed E-state index contributed by atoms with van der Waals surface area (Å²) < 4.78 is 0. The number of benzene rings is 8. The highest BCUT2D eigenvalue weighted by molar-refractivity contribution is 6.14. The zero-order chi connectivity index (χ0) is 86.2. The average molecular weight is 1660 g/mol. The second-order valence-electron chi connectivity index (χ2n) is 33.4. The van der Waals surface area contributed by atoms with Crippen LogP contribution in [0.25, 0.3) is 67.3 Å². The van der Waals surface area contributed by atoms with Gasteiger partial charge in [-0.15, -0.1) is 20.4 Å². The van der Waals surface area contributed by atoms with Gasteiger partial charge in [0.25, 0.3) is 23.6 Å². The largest absolute Gasteiger partial charge is 0.478 e.